The molecule has 0 saturated carbocycles. The van der Waals surface area contributed by atoms with Gasteiger partial charge in [0.2, 0.25) is 11.8 Å². The standard InChI is InChI=1S/C26H27F4N5O6S/c1-34(2)20(36)12-5-4-8-16(33-25(39)40-3)22(37)32-17-10-7-13-35(23(17)38)14-19-31-15-9-6-11-18(21(15)42-19)41-26(29,30)24(27)28/h5-7,9-13,16,24H,4,8,14H2,1-3H3,(H,32,37)(H,33,39)/b12-5+/t16-/m0/s1. The average Bonchev–Trinajstić information content (AvgIpc) is 3.35. The highest BCUT2D eigenvalue weighted by molar-refractivity contribution is 7.19. The summed E-state index contributed by atoms with van der Waals surface area (Å²) in [7, 11) is 4.28. The van der Waals surface area contributed by atoms with E-state index in [1.54, 1.807) is 20.2 Å². The Morgan fingerprint density at radius 3 is 2.60 bits per heavy atom. The van der Waals surface area contributed by atoms with Crippen molar-refractivity contribution in [2.24, 2.45) is 0 Å². The van der Waals surface area contributed by atoms with Gasteiger partial charge in [-0.25, -0.2) is 9.78 Å². The lowest BCUT2D eigenvalue weighted by Crippen LogP contribution is -2.44. The maximum atomic E-state index is 13.5. The van der Waals surface area contributed by atoms with Gasteiger partial charge in [0.25, 0.3) is 5.56 Å². The molecular formula is C26H27F4N5O6S. The normalized spacial score (nSPS) is 12.4. The fourth-order valence-corrected chi connectivity index (χ4v) is 4.51. The lowest BCUT2D eigenvalue weighted by Gasteiger charge is -2.17. The molecule has 0 bridgehead atoms. The second-order valence-electron chi connectivity index (χ2n) is 8.92. The highest BCUT2D eigenvalue weighted by Crippen LogP contribution is 2.36. The predicted octanol–water partition coefficient (Wildman–Crippen LogP) is 3.83. The van der Waals surface area contributed by atoms with Crippen LogP contribution in [0.25, 0.3) is 10.2 Å². The first-order valence-electron chi connectivity index (χ1n) is 12.3. The Balaban J connectivity index is 1.78. The number of pyridine rings is 1. The predicted molar refractivity (Wildman–Crippen MR) is 146 cm³/mol. The summed E-state index contributed by atoms with van der Waals surface area (Å²) < 4.78 is 62.3. The van der Waals surface area contributed by atoms with Crippen LogP contribution in [0.4, 0.5) is 28.0 Å². The van der Waals surface area contributed by atoms with Crippen molar-refractivity contribution in [3.05, 3.63) is 64.0 Å². The minimum atomic E-state index is -4.71. The van der Waals surface area contributed by atoms with Crippen LogP contribution in [-0.4, -0.2) is 72.1 Å². The number of thiazole rings is 1. The van der Waals surface area contributed by atoms with Crippen LogP contribution in [-0.2, 0) is 20.9 Å². The topological polar surface area (TPSA) is 132 Å². The number of aromatic nitrogens is 2. The van der Waals surface area contributed by atoms with Gasteiger partial charge >= 0.3 is 18.6 Å². The third-order valence-electron chi connectivity index (χ3n) is 5.62. The number of carbonyl (C=O) groups excluding carboxylic acids is 3. The van der Waals surface area contributed by atoms with Gasteiger partial charge < -0.3 is 29.6 Å². The Kier molecular flexibility index (Phi) is 10.6. The van der Waals surface area contributed by atoms with Crippen molar-refractivity contribution >= 4 is 45.1 Å². The van der Waals surface area contributed by atoms with E-state index in [1.807, 2.05) is 0 Å². The quantitative estimate of drug-likeness (QED) is 0.235. The molecule has 1 atom stereocenters. The molecule has 2 N–H and O–H groups in total. The average molecular weight is 614 g/mol. The lowest BCUT2D eigenvalue weighted by atomic mass is 10.1. The minimum absolute atomic E-state index is 0.0832. The van der Waals surface area contributed by atoms with Gasteiger partial charge in [0, 0.05) is 20.3 Å². The minimum Gasteiger partial charge on any atom is -0.453 e. The van der Waals surface area contributed by atoms with Crippen molar-refractivity contribution in [1.29, 1.82) is 0 Å². The summed E-state index contributed by atoms with van der Waals surface area (Å²) in [4.78, 5) is 55.2. The fraction of sp³-hybridized carbons (Fsp3) is 0.346. The first-order chi connectivity index (χ1) is 19.8. The van der Waals surface area contributed by atoms with Gasteiger partial charge in [-0.3, -0.25) is 14.4 Å². The number of fused-ring (bicyclic) bond motifs is 1. The van der Waals surface area contributed by atoms with Crippen molar-refractivity contribution in [3.8, 4) is 5.75 Å². The van der Waals surface area contributed by atoms with Gasteiger partial charge in [-0.2, -0.15) is 17.6 Å². The third-order valence-corrected chi connectivity index (χ3v) is 6.69. The number of amides is 3. The van der Waals surface area contributed by atoms with Crippen LogP contribution in [0.1, 0.15) is 17.8 Å². The zero-order valence-electron chi connectivity index (χ0n) is 22.6. The number of nitrogens with zero attached hydrogens (tertiary/aromatic N) is 3. The van der Waals surface area contributed by atoms with E-state index in [0.29, 0.717) is 0 Å². The smallest absolute Gasteiger partial charge is 0.453 e. The highest BCUT2D eigenvalue weighted by atomic mass is 32.1. The van der Waals surface area contributed by atoms with Crippen LogP contribution >= 0.6 is 11.3 Å². The molecule has 0 aliphatic rings. The van der Waals surface area contributed by atoms with Crippen LogP contribution < -0.4 is 20.9 Å². The summed E-state index contributed by atoms with van der Waals surface area (Å²) in [5.41, 5.74) is -0.563. The van der Waals surface area contributed by atoms with E-state index >= 15 is 0 Å². The number of rotatable bonds is 12. The Morgan fingerprint density at radius 1 is 1.19 bits per heavy atom. The molecule has 3 rings (SSSR count). The van der Waals surface area contributed by atoms with Crippen molar-refractivity contribution in [1.82, 2.24) is 19.8 Å². The molecule has 3 aromatic rings. The van der Waals surface area contributed by atoms with E-state index in [9.17, 15) is 36.7 Å². The molecule has 16 heteroatoms. The van der Waals surface area contributed by atoms with E-state index in [2.05, 4.69) is 25.1 Å². The number of nitrogens with one attached hydrogen (secondary N) is 2. The Morgan fingerprint density at radius 2 is 1.93 bits per heavy atom. The number of halogens is 4. The number of likely N-dealkylation sites (N-methyl/N-ethyl adjacent to an activating group) is 1. The number of benzene rings is 1. The Bertz CT molecular complexity index is 1520. The number of methoxy groups -OCH3 is 1. The number of ether oxygens (including phenoxy) is 2. The van der Waals surface area contributed by atoms with Gasteiger partial charge in [-0.1, -0.05) is 12.1 Å². The number of alkyl halides is 4. The maximum Gasteiger partial charge on any atom is 0.461 e. The van der Waals surface area contributed by atoms with Crippen molar-refractivity contribution in [3.63, 3.8) is 0 Å². The van der Waals surface area contributed by atoms with Crippen molar-refractivity contribution in [2.45, 2.75) is 38.0 Å². The molecule has 0 saturated heterocycles. The summed E-state index contributed by atoms with van der Waals surface area (Å²) in [6.07, 6.45) is -5.02. The monoisotopic (exact) mass is 613 g/mol. The zero-order chi connectivity index (χ0) is 31.0. The van der Waals surface area contributed by atoms with Gasteiger partial charge in [0.05, 0.1) is 23.9 Å². The molecular weight excluding hydrogens is 586 g/mol. The lowest BCUT2D eigenvalue weighted by molar-refractivity contribution is -0.252. The molecule has 0 aliphatic carbocycles. The number of hydrogen-bond acceptors (Lipinski definition) is 8. The summed E-state index contributed by atoms with van der Waals surface area (Å²) in [5, 5.41) is 5.13. The molecule has 2 heterocycles. The summed E-state index contributed by atoms with van der Waals surface area (Å²) in [5.74, 6) is -1.46. The molecule has 2 aromatic heterocycles. The van der Waals surface area contributed by atoms with E-state index in [0.717, 1.165) is 24.5 Å². The van der Waals surface area contributed by atoms with Crippen LogP contribution in [0.2, 0.25) is 0 Å². The highest BCUT2D eigenvalue weighted by Gasteiger charge is 2.44. The summed E-state index contributed by atoms with van der Waals surface area (Å²) in [6.45, 7) is -0.138. The second-order valence-corrected chi connectivity index (χ2v) is 10.0. The molecule has 11 nitrogen and oxygen atoms in total. The molecule has 1 aromatic carbocycles. The Labute approximate surface area is 240 Å². The van der Waals surface area contributed by atoms with Gasteiger partial charge in [-0.05, 0) is 43.2 Å². The second kappa shape index (κ2) is 13.9. The van der Waals surface area contributed by atoms with Crippen molar-refractivity contribution in [2.75, 3.05) is 26.5 Å². The molecule has 226 valence electrons. The number of alkyl carbamates (subject to hydrolysis) is 1. The van der Waals surface area contributed by atoms with E-state index in [1.165, 1.54) is 46.0 Å². The van der Waals surface area contributed by atoms with E-state index in [-0.39, 0.29) is 46.2 Å². The molecule has 0 fully saturated rings. The molecule has 0 radical (unpaired) electrons. The maximum absolute atomic E-state index is 13.5. The van der Waals surface area contributed by atoms with E-state index < -0.39 is 41.9 Å². The van der Waals surface area contributed by atoms with Gasteiger partial charge in [0.15, 0.2) is 0 Å². The summed E-state index contributed by atoms with van der Waals surface area (Å²) in [6, 6.07) is 5.61. The van der Waals surface area contributed by atoms with Crippen LogP contribution in [0.5, 0.6) is 5.75 Å². The first kappa shape index (κ1) is 32.0. The SMILES string of the molecule is COC(=O)N[C@@H](CC/C=C/C(=O)N(C)C)C(=O)Nc1cccn(Cc2nc3cccc(OC(F)(F)C(F)F)c3s2)c1=O. The fourth-order valence-electron chi connectivity index (χ4n) is 3.50. The van der Waals surface area contributed by atoms with Crippen LogP contribution in [0, 0.1) is 0 Å². The van der Waals surface area contributed by atoms with Gasteiger partial charge in [0.1, 0.15) is 22.5 Å². The number of allylic oxidation sites excluding steroid dienone is 1. The molecule has 42 heavy (non-hydrogen) atoms. The van der Waals surface area contributed by atoms with Gasteiger partial charge in [-0.15, -0.1) is 11.3 Å². The molecule has 0 aliphatic heterocycles. The largest absolute Gasteiger partial charge is 0.461 e. The third kappa shape index (κ3) is 8.28. The molecule has 0 unspecified atom stereocenters. The van der Waals surface area contributed by atoms with Crippen molar-refractivity contribution < 1.29 is 41.4 Å². The van der Waals surface area contributed by atoms with E-state index in [4.69, 9.17) is 0 Å². The van der Waals surface area contributed by atoms with Crippen LogP contribution in [0.3, 0.4) is 0 Å². The molecule has 3 amide bonds. The molecule has 0 spiro atoms. The number of anilines is 1. The zero-order valence-corrected chi connectivity index (χ0v) is 23.4. The number of carbonyl (C=O) groups is 3. The number of hydrogen-bond donors (Lipinski definition) is 2. The first-order valence-corrected chi connectivity index (χ1v) is 13.1. The van der Waals surface area contributed by atoms with Crippen LogP contribution in [0.15, 0.2) is 53.5 Å². The Hall–Kier alpha value is -4.47. The summed E-state index contributed by atoms with van der Waals surface area (Å²) >= 11 is 0.872.